The molecule has 2 unspecified atom stereocenters. The minimum absolute atomic E-state index is 0.00104. The number of amides is 1. The van der Waals surface area contributed by atoms with Crippen LogP contribution in [-0.2, 0) is 0 Å². The van der Waals surface area contributed by atoms with Crippen molar-refractivity contribution in [3.05, 3.63) is 34.0 Å². The molecule has 5 heteroatoms. The van der Waals surface area contributed by atoms with Crippen molar-refractivity contribution < 1.29 is 9.21 Å². The quantitative estimate of drug-likeness (QED) is 0.865. The second kappa shape index (κ2) is 5.64. The summed E-state index contributed by atoms with van der Waals surface area (Å²) in [6, 6.07) is 7.31. The number of nitrogens with one attached hydrogen (secondary N) is 1. The Kier molecular flexibility index (Phi) is 3.73. The first kappa shape index (κ1) is 15.2. The molecule has 1 aromatic heterocycles. The highest BCUT2D eigenvalue weighted by Gasteiger charge is 2.37. The maximum atomic E-state index is 13.0. The number of benzene rings is 1. The van der Waals surface area contributed by atoms with Gasteiger partial charge in [-0.15, -0.1) is 0 Å². The third-order valence-corrected chi connectivity index (χ3v) is 5.90. The molecule has 2 saturated heterocycles. The van der Waals surface area contributed by atoms with Crippen LogP contribution in [0.25, 0.3) is 11.0 Å². The van der Waals surface area contributed by atoms with Crippen molar-refractivity contribution >= 4 is 32.8 Å². The lowest BCUT2D eigenvalue weighted by molar-refractivity contribution is 0.0651. The van der Waals surface area contributed by atoms with Gasteiger partial charge in [-0.05, 0) is 50.8 Å². The smallest absolute Gasteiger partial charge is 0.289 e. The van der Waals surface area contributed by atoms with Crippen molar-refractivity contribution in [3.63, 3.8) is 0 Å². The predicted octanol–water partition coefficient (Wildman–Crippen LogP) is 3.86. The van der Waals surface area contributed by atoms with Crippen molar-refractivity contribution in [3.8, 4) is 0 Å². The molecule has 0 radical (unpaired) electrons. The second-order valence-corrected chi connectivity index (χ2v) is 7.79. The molecule has 3 heterocycles. The molecule has 0 aliphatic carbocycles. The van der Waals surface area contributed by atoms with Crippen molar-refractivity contribution in [1.29, 1.82) is 0 Å². The molecule has 2 fully saturated rings. The molecule has 2 atom stereocenters. The van der Waals surface area contributed by atoms with Gasteiger partial charge >= 0.3 is 0 Å². The Labute approximate surface area is 144 Å². The molecule has 2 bridgehead atoms. The molecule has 0 spiro atoms. The van der Waals surface area contributed by atoms with Gasteiger partial charge < -0.3 is 14.6 Å². The van der Waals surface area contributed by atoms with Crippen LogP contribution in [0.2, 0.25) is 0 Å². The zero-order chi connectivity index (χ0) is 16.1. The minimum Gasteiger partial charge on any atom is -0.451 e. The van der Waals surface area contributed by atoms with E-state index in [1.807, 2.05) is 37.1 Å². The average molecular weight is 377 g/mol. The number of carbonyl (C=O) groups excluding carboxylic acids is 1. The summed E-state index contributed by atoms with van der Waals surface area (Å²) in [6.07, 6.45) is 4.56. The maximum absolute atomic E-state index is 13.0. The third-order valence-electron chi connectivity index (χ3n) is 5.41. The molecule has 4 nitrogen and oxygen atoms in total. The molecular weight excluding hydrogens is 356 g/mol. The van der Waals surface area contributed by atoms with E-state index in [0.29, 0.717) is 23.9 Å². The van der Waals surface area contributed by atoms with Gasteiger partial charge in [-0.3, -0.25) is 4.79 Å². The first-order chi connectivity index (χ1) is 11.0. The number of furan rings is 1. The van der Waals surface area contributed by atoms with E-state index in [-0.39, 0.29) is 5.91 Å². The summed E-state index contributed by atoms with van der Waals surface area (Å²) >= 11 is 3.48. The summed E-state index contributed by atoms with van der Waals surface area (Å²) in [7, 11) is 1.92. The van der Waals surface area contributed by atoms with Gasteiger partial charge in [0.25, 0.3) is 5.91 Å². The lowest BCUT2D eigenvalue weighted by Crippen LogP contribution is -2.48. The second-order valence-electron chi connectivity index (χ2n) is 6.88. The lowest BCUT2D eigenvalue weighted by atomic mass is 9.98. The number of hydrogen-bond acceptors (Lipinski definition) is 3. The molecule has 4 rings (SSSR count). The van der Waals surface area contributed by atoms with Crippen LogP contribution >= 0.6 is 15.9 Å². The first-order valence-electron chi connectivity index (χ1n) is 8.25. The van der Waals surface area contributed by atoms with Crippen molar-refractivity contribution in [2.45, 2.75) is 50.7 Å². The van der Waals surface area contributed by atoms with Crippen LogP contribution in [0.5, 0.6) is 0 Å². The zero-order valence-electron chi connectivity index (χ0n) is 13.4. The van der Waals surface area contributed by atoms with E-state index < -0.39 is 0 Å². The fourth-order valence-electron chi connectivity index (χ4n) is 4.07. The topological polar surface area (TPSA) is 45.5 Å². The summed E-state index contributed by atoms with van der Waals surface area (Å²) in [5.41, 5.74) is 1.70. The largest absolute Gasteiger partial charge is 0.451 e. The fourth-order valence-corrected chi connectivity index (χ4v) is 4.43. The van der Waals surface area contributed by atoms with E-state index in [4.69, 9.17) is 4.42 Å². The van der Waals surface area contributed by atoms with E-state index in [2.05, 4.69) is 21.2 Å². The molecule has 0 saturated carbocycles. The number of piperidine rings is 1. The normalized spacial score (nSPS) is 26.7. The number of nitrogens with zero attached hydrogens (tertiary/aromatic N) is 1. The van der Waals surface area contributed by atoms with Gasteiger partial charge in [0.15, 0.2) is 5.76 Å². The molecule has 1 amide bonds. The zero-order valence-corrected chi connectivity index (χ0v) is 15.0. The van der Waals surface area contributed by atoms with Crippen molar-refractivity contribution in [2.24, 2.45) is 0 Å². The van der Waals surface area contributed by atoms with Gasteiger partial charge in [0.1, 0.15) is 5.58 Å². The highest BCUT2D eigenvalue weighted by Crippen LogP contribution is 2.32. The van der Waals surface area contributed by atoms with Crippen LogP contribution in [0.15, 0.2) is 27.1 Å². The van der Waals surface area contributed by atoms with Gasteiger partial charge in [-0.25, -0.2) is 0 Å². The summed E-state index contributed by atoms with van der Waals surface area (Å²) in [4.78, 5) is 14.8. The van der Waals surface area contributed by atoms with E-state index >= 15 is 0 Å². The molecular formula is C18H21BrN2O2. The van der Waals surface area contributed by atoms with Crippen LogP contribution in [-0.4, -0.2) is 36.0 Å². The average Bonchev–Trinajstić information content (AvgIpc) is 3.05. The van der Waals surface area contributed by atoms with Gasteiger partial charge in [0, 0.05) is 40.6 Å². The number of hydrogen-bond donors (Lipinski definition) is 1. The summed E-state index contributed by atoms with van der Waals surface area (Å²) < 4.78 is 6.87. The molecule has 122 valence electrons. The Morgan fingerprint density at radius 1 is 1.30 bits per heavy atom. The summed E-state index contributed by atoms with van der Waals surface area (Å²) in [5.74, 6) is 0.479. The van der Waals surface area contributed by atoms with Crippen LogP contribution in [0.4, 0.5) is 0 Å². The number of aryl methyl sites for hydroxylation is 1. The Morgan fingerprint density at radius 3 is 2.70 bits per heavy atom. The molecule has 2 aromatic rings. The summed E-state index contributed by atoms with van der Waals surface area (Å²) in [6.45, 7) is 1.96. The van der Waals surface area contributed by atoms with Gasteiger partial charge in [0.2, 0.25) is 0 Å². The van der Waals surface area contributed by atoms with Crippen LogP contribution in [0.3, 0.4) is 0 Å². The fraction of sp³-hybridized carbons (Fsp3) is 0.500. The predicted molar refractivity (Wildman–Crippen MR) is 93.7 cm³/mol. The number of rotatable bonds is 2. The Morgan fingerprint density at radius 2 is 2.00 bits per heavy atom. The Hall–Kier alpha value is -1.33. The van der Waals surface area contributed by atoms with Gasteiger partial charge in [-0.2, -0.15) is 0 Å². The third kappa shape index (κ3) is 2.60. The van der Waals surface area contributed by atoms with E-state index in [1.165, 1.54) is 12.8 Å². The maximum Gasteiger partial charge on any atom is 0.289 e. The lowest BCUT2D eigenvalue weighted by Gasteiger charge is -2.35. The highest BCUT2D eigenvalue weighted by atomic mass is 79.9. The van der Waals surface area contributed by atoms with Crippen molar-refractivity contribution in [1.82, 2.24) is 10.2 Å². The molecule has 23 heavy (non-hydrogen) atoms. The first-order valence-corrected chi connectivity index (χ1v) is 9.04. The Balaban J connectivity index is 1.62. The van der Waals surface area contributed by atoms with Crippen LogP contribution in [0.1, 0.15) is 41.8 Å². The van der Waals surface area contributed by atoms with Gasteiger partial charge in [-0.1, -0.05) is 15.9 Å². The van der Waals surface area contributed by atoms with Crippen LogP contribution < -0.4 is 5.32 Å². The van der Waals surface area contributed by atoms with Crippen molar-refractivity contribution in [2.75, 3.05) is 7.05 Å². The van der Waals surface area contributed by atoms with E-state index in [9.17, 15) is 4.79 Å². The number of halogens is 1. The Bertz CT molecular complexity index is 758. The molecule has 1 aromatic carbocycles. The number of fused-ring (bicyclic) bond motifs is 3. The SMILES string of the molecule is Cc1c(C(=O)N(C)C2CC3CCC(C2)N3)oc2ccc(Br)cc12. The van der Waals surface area contributed by atoms with E-state index in [1.54, 1.807) is 0 Å². The molecule has 2 aliphatic rings. The van der Waals surface area contributed by atoms with E-state index in [0.717, 1.165) is 33.8 Å². The molecule has 1 N–H and O–H groups in total. The highest BCUT2D eigenvalue weighted by molar-refractivity contribution is 9.10. The monoisotopic (exact) mass is 376 g/mol. The standard InChI is InChI=1S/C18H21BrN2O2/c1-10-15-7-11(19)3-6-16(15)23-17(10)18(22)21(2)14-8-12-4-5-13(9-14)20-12/h3,6-7,12-14,20H,4-5,8-9H2,1-2H3. The minimum atomic E-state index is 0.00104. The van der Waals surface area contributed by atoms with Crippen LogP contribution in [0, 0.1) is 6.92 Å². The molecule has 2 aliphatic heterocycles. The van der Waals surface area contributed by atoms with Gasteiger partial charge in [0.05, 0.1) is 0 Å². The summed E-state index contributed by atoms with van der Waals surface area (Å²) in [5, 5.41) is 4.63. The number of carbonyl (C=O) groups is 1.